The maximum Gasteiger partial charge on any atom is 0.127 e. The van der Waals surface area contributed by atoms with Crippen LogP contribution in [0.2, 0.25) is 0 Å². The fourth-order valence-corrected chi connectivity index (χ4v) is 2.74. The van der Waals surface area contributed by atoms with Crippen molar-refractivity contribution in [3.63, 3.8) is 0 Å². The number of halogens is 1. The maximum atomic E-state index is 13.3. The SMILES string of the molecule is CC(Cc1cccs1)N(C)c1cc(N)cc(F)c1. The molecule has 18 heavy (non-hydrogen) atoms. The fraction of sp³-hybridized carbons (Fsp3) is 0.286. The maximum absolute atomic E-state index is 13.3. The first-order valence-corrected chi connectivity index (χ1v) is 6.75. The number of benzene rings is 1. The van der Waals surface area contributed by atoms with E-state index in [1.54, 1.807) is 17.4 Å². The Morgan fingerprint density at radius 2 is 2.17 bits per heavy atom. The van der Waals surface area contributed by atoms with Gasteiger partial charge >= 0.3 is 0 Å². The molecule has 0 fully saturated rings. The van der Waals surface area contributed by atoms with Crippen LogP contribution in [0.25, 0.3) is 0 Å². The normalized spacial score (nSPS) is 12.4. The van der Waals surface area contributed by atoms with Crippen molar-refractivity contribution in [3.05, 3.63) is 46.4 Å². The Labute approximate surface area is 111 Å². The van der Waals surface area contributed by atoms with E-state index in [4.69, 9.17) is 5.73 Å². The van der Waals surface area contributed by atoms with E-state index in [1.807, 2.05) is 13.1 Å². The molecule has 1 unspecified atom stereocenters. The Hall–Kier alpha value is -1.55. The van der Waals surface area contributed by atoms with Crippen LogP contribution >= 0.6 is 11.3 Å². The van der Waals surface area contributed by atoms with Crippen LogP contribution in [0.4, 0.5) is 15.8 Å². The Morgan fingerprint density at radius 1 is 1.39 bits per heavy atom. The Morgan fingerprint density at radius 3 is 2.78 bits per heavy atom. The molecule has 2 N–H and O–H groups in total. The number of nitrogens with two attached hydrogens (primary N) is 1. The summed E-state index contributed by atoms with van der Waals surface area (Å²) in [6.07, 6.45) is 0.949. The van der Waals surface area contributed by atoms with Gasteiger partial charge in [0.05, 0.1) is 0 Å². The summed E-state index contributed by atoms with van der Waals surface area (Å²) in [5, 5.41) is 2.07. The molecule has 96 valence electrons. The Bertz CT molecular complexity index is 490. The number of nitrogens with zero attached hydrogens (tertiary/aromatic N) is 1. The largest absolute Gasteiger partial charge is 0.399 e. The molecule has 0 bridgehead atoms. The van der Waals surface area contributed by atoms with Gasteiger partial charge in [0.25, 0.3) is 0 Å². The van der Waals surface area contributed by atoms with E-state index in [0.717, 1.165) is 12.1 Å². The second kappa shape index (κ2) is 5.40. The first-order valence-electron chi connectivity index (χ1n) is 5.87. The van der Waals surface area contributed by atoms with Crippen molar-refractivity contribution in [2.75, 3.05) is 17.7 Å². The third-order valence-electron chi connectivity index (χ3n) is 3.05. The van der Waals surface area contributed by atoms with E-state index in [1.165, 1.54) is 17.0 Å². The molecule has 1 atom stereocenters. The van der Waals surface area contributed by atoms with Crippen molar-refractivity contribution < 1.29 is 4.39 Å². The van der Waals surface area contributed by atoms with Gasteiger partial charge in [-0.1, -0.05) is 6.07 Å². The smallest absolute Gasteiger partial charge is 0.127 e. The standard InChI is InChI=1S/C14H17FN2S/c1-10(6-14-4-3-5-18-14)17(2)13-8-11(15)7-12(16)9-13/h3-5,7-10H,6,16H2,1-2H3. The predicted octanol–water partition coefficient (Wildman–Crippen LogP) is 3.54. The minimum atomic E-state index is -0.292. The number of thiophene rings is 1. The first-order chi connectivity index (χ1) is 8.56. The summed E-state index contributed by atoms with van der Waals surface area (Å²) in [4.78, 5) is 3.39. The van der Waals surface area contributed by atoms with Gasteiger partial charge in [0.15, 0.2) is 0 Å². The molecule has 0 saturated carbocycles. The summed E-state index contributed by atoms with van der Waals surface area (Å²) in [7, 11) is 1.96. The van der Waals surface area contributed by atoms with E-state index in [9.17, 15) is 4.39 Å². The zero-order chi connectivity index (χ0) is 13.1. The summed E-state index contributed by atoms with van der Waals surface area (Å²) in [5.74, 6) is -0.292. The van der Waals surface area contributed by atoms with Gasteiger partial charge in [-0.05, 0) is 36.6 Å². The van der Waals surface area contributed by atoms with Crippen LogP contribution in [0.3, 0.4) is 0 Å². The van der Waals surface area contributed by atoms with E-state index < -0.39 is 0 Å². The van der Waals surface area contributed by atoms with Gasteiger partial charge in [0, 0.05) is 35.8 Å². The zero-order valence-electron chi connectivity index (χ0n) is 10.6. The average molecular weight is 264 g/mol. The second-order valence-corrected chi connectivity index (χ2v) is 5.52. The molecule has 1 aromatic carbocycles. The van der Waals surface area contributed by atoms with Gasteiger partial charge in [0.2, 0.25) is 0 Å². The highest BCUT2D eigenvalue weighted by Crippen LogP contribution is 2.22. The molecule has 2 nitrogen and oxygen atoms in total. The van der Waals surface area contributed by atoms with Crippen LogP contribution in [0.15, 0.2) is 35.7 Å². The van der Waals surface area contributed by atoms with Gasteiger partial charge in [-0.25, -0.2) is 4.39 Å². The third-order valence-corrected chi connectivity index (χ3v) is 3.95. The molecule has 1 aromatic heterocycles. The molecule has 2 rings (SSSR count). The predicted molar refractivity (Wildman–Crippen MR) is 76.7 cm³/mol. The summed E-state index contributed by atoms with van der Waals surface area (Å²) in [5.41, 5.74) is 6.94. The number of hydrogen-bond donors (Lipinski definition) is 1. The monoisotopic (exact) mass is 264 g/mol. The lowest BCUT2D eigenvalue weighted by Crippen LogP contribution is -2.30. The summed E-state index contributed by atoms with van der Waals surface area (Å²) in [6.45, 7) is 2.13. The molecule has 0 amide bonds. The molecule has 0 aliphatic heterocycles. The number of rotatable bonds is 4. The number of nitrogen functional groups attached to an aromatic ring is 1. The zero-order valence-corrected chi connectivity index (χ0v) is 11.4. The van der Waals surface area contributed by atoms with Gasteiger partial charge in [-0.2, -0.15) is 0 Å². The van der Waals surface area contributed by atoms with Crippen LogP contribution in [0, 0.1) is 5.82 Å². The first kappa shape index (κ1) is 12.9. The molecule has 1 heterocycles. The minimum Gasteiger partial charge on any atom is -0.399 e. The molecule has 4 heteroatoms. The number of anilines is 2. The summed E-state index contributed by atoms with van der Waals surface area (Å²) in [6, 6.07) is 9.11. The molecular weight excluding hydrogens is 247 g/mol. The van der Waals surface area contributed by atoms with Crippen molar-refractivity contribution in [2.45, 2.75) is 19.4 Å². The highest BCUT2D eigenvalue weighted by Gasteiger charge is 2.12. The summed E-state index contributed by atoms with van der Waals surface area (Å²) >= 11 is 1.74. The number of hydrogen-bond acceptors (Lipinski definition) is 3. The van der Waals surface area contributed by atoms with Gasteiger partial charge in [0.1, 0.15) is 5.82 Å². The second-order valence-electron chi connectivity index (χ2n) is 4.49. The van der Waals surface area contributed by atoms with Crippen LogP contribution < -0.4 is 10.6 Å². The highest BCUT2D eigenvalue weighted by atomic mass is 32.1. The topological polar surface area (TPSA) is 29.3 Å². The van der Waals surface area contributed by atoms with Crippen molar-refractivity contribution in [3.8, 4) is 0 Å². The van der Waals surface area contributed by atoms with Crippen LogP contribution in [0.5, 0.6) is 0 Å². The average Bonchev–Trinajstić information content (AvgIpc) is 2.79. The lowest BCUT2D eigenvalue weighted by atomic mass is 10.1. The van der Waals surface area contributed by atoms with E-state index in [2.05, 4.69) is 23.3 Å². The minimum absolute atomic E-state index is 0.292. The molecule has 0 radical (unpaired) electrons. The van der Waals surface area contributed by atoms with Gasteiger partial charge < -0.3 is 10.6 Å². The van der Waals surface area contributed by atoms with Crippen LogP contribution in [0.1, 0.15) is 11.8 Å². The van der Waals surface area contributed by atoms with Crippen molar-refractivity contribution in [1.82, 2.24) is 0 Å². The van der Waals surface area contributed by atoms with Gasteiger partial charge in [-0.3, -0.25) is 0 Å². The van der Waals surface area contributed by atoms with E-state index in [0.29, 0.717) is 11.7 Å². The van der Waals surface area contributed by atoms with Crippen molar-refractivity contribution in [1.29, 1.82) is 0 Å². The van der Waals surface area contributed by atoms with Gasteiger partial charge in [-0.15, -0.1) is 11.3 Å². The third kappa shape index (κ3) is 3.01. The highest BCUT2D eigenvalue weighted by molar-refractivity contribution is 7.09. The van der Waals surface area contributed by atoms with Crippen LogP contribution in [-0.4, -0.2) is 13.1 Å². The summed E-state index contributed by atoms with van der Waals surface area (Å²) < 4.78 is 13.3. The van der Waals surface area contributed by atoms with Crippen molar-refractivity contribution >= 4 is 22.7 Å². The van der Waals surface area contributed by atoms with Crippen LogP contribution in [-0.2, 0) is 6.42 Å². The van der Waals surface area contributed by atoms with Crippen molar-refractivity contribution in [2.24, 2.45) is 0 Å². The van der Waals surface area contributed by atoms with E-state index >= 15 is 0 Å². The molecule has 0 saturated heterocycles. The van der Waals surface area contributed by atoms with E-state index in [-0.39, 0.29) is 5.82 Å². The quantitative estimate of drug-likeness (QED) is 0.856. The lowest BCUT2D eigenvalue weighted by Gasteiger charge is -2.27. The Balaban J connectivity index is 2.12. The molecular formula is C14H17FN2S. The molecule has 0 aliphatic carbocycles. The lowest BCUT2D eigenvalue weighted by molar-refractivity contribution is 0.624. The fourth-order valence-electron chi connectivity index (χ4n) is 1.91. The molecule has 2 aromatic rings. The Kier molecular flexibility index (Phi) is 3.87. The molecule has 0 spiro atoms. The number of likely N-dealkylation sites (N-methyl/N-ethyl adjacent to an activating group) is 1. The molecule has 0 aliphatic rings.